The van der Waals surface area contributed by atoms with Gasteiger partial charge in [0, 0.05) is 16.3 Å². The van der Waals surface area contributed by atoms with E-state index in [4.69, 9.17) is 35.4 Å². The van der Waals surface area contributed by atoms with Crippen molar-refractivity contribution >= 4 is 46.2 Å². The van der Waals surface area contributed by atoms with E-state index >= 15 is 0 Å². The van der Waals surface area contributed by atoms with Crippen LogP contribution in [0, 0.1) is 5.82 Å². The molecule has 3 N–H and O–H groups in total. The average Bonchev–Trinajstić information content (AvgIpc) is 2.52. The Morgan fingerprint density at radius 2 is 1.88 bits per heavy atom. The van der Waals surface area contributed by atoms with Gasteiger partial charge in [0.1, 0.15) is 11.9 Å². The molecule has 0 aliphatic rings. The fourth-order valence-electron chi connectivity index (χ4n) is 2.33. The number of rotatable bonds is 5. The van der Waals surface area contributed by atoms with E-state index in [1.54, 1.807) is 6.07 Å². The van der Waals surface area contributed by atoms with Crippen LogP contribution in [0.2, 0.25) is 10.0 Å². The van der Waals surface area contributed by atoms with Crippen molar-refractivity contribution in [1.29, 1.82) is 0 Å². The highest BCUT2D eigenvalue weighted by Gasteiger charge is 2.20. The summed E-state index contributed by atoms with van der Waals surface area (Å²) in [5.41, 5.74) is 1.68. The highest BCUT2D eigenvalue weighted by molar-refractivity contribution is 7.80. The molecule has 0 saturated heterocycles. The largest absolute Gasteiger partial charge is 0.356 e. The molecule has 0 aliphatic heterocycles. The maximum atomic E-state index is 13.2. The normalized spacial score (nSPS) is 12.1. The van der Waals surface area contributed by atoms with E-state index in [2.05, 4.69) is 24.7 Å². The highest BCUT2D eigenvalue weighted by Crippen LogP contribution is 2.21. The van der Waals surface area contributed by atoms with Gasteiger partial charge in [-0.05, 0) is 36.5 Å². The number of thiocarbonyl (C=S) groups is 1. The van der Waals surface area contributed by atoms with Gasteiger partial charge >= 0.3 is 0 Å². The van der Waals surface area contributed by atoms with Crippen LogP contribution in [-0.4, -0.2) is 25.8 Å². The van der Waals surface area contributed by atoms with E-state index in [9.17, 15) is 4.39 Å². The van der Waals surface area contributed by atoms with E-state index in [1.807, 2.05) is 24.3 Å². The number of halogens is 3. The first kappa shape index (κ1) is 18.9. The molecule has 0 aromatic heterocycles. The lowest BCUT2D eigenvalue weighted by Gasteiger charge is -2.24. The summed E-state index contributed by atoms with van der Waals surface area (Å²) in [6, 6.07) is 12.3. The van der Waals surface area contributed by atoms with E-state index in [-0.39, 0.29) is 11.1 Å². The van der Waals surface area contributed by atoms with E-state index in [0.717, 1.165) is 10.6 Å². The zero-order valence-corrected chi connectivity index (χ0v) is 15.7. The van der Waals surface area contributed by atoms with Crippen molar-refractivity contribution in [3.05, 3.63) is 63.9 Å². The number of hydrogen-bond donors (Lipinski definition) is 3. The lowest BCUT2D eigenvalue weighted by atomic mass is 10.1. The van der Waals surface area contributed by atoms with Crippen LogP contribution in [0.25, 0.3) is 0 Å². The fourth-order valence-corrected chi connectivity index (χ4v) is 2.98. The highest BCUT2D eigenvalue weighted by atomic mass is 35.5. The Morgan fingerprint density at radius 3 is 2.50 bits per heavy atom. The summed E-state index contributed by atoms with van der Waals surface area (Å²) in [6.07, 6.45) is 0. The smallest absolute Gasteiger partial charge is 0.171 e. The van der Waals surface area contributed by atoms with E-state index < -0.39 is 5.82 Å². The maximum Gasteiger partial charge on any atom is 0.171 e. The van der Waals surface area contributed by atoms with Crippen molar-refractivity contribution in [3.8, 4) is 0 Å². The van der Waals surface area contributed by atoms with Crippen molar-refractivity contribution in [2.45, 2.75) is 6.04 Å². The Kier molecular flexibility index (Phi) is 6.80. The van der Waals surface area contributed by atoms with Crippen LogP contribution >= 0.6 is 35.4 Å². The molecule has 0 unspecified atom stereocenters. The minimum absolute atomic E-state index is 0.0504. The van der Waals surface area contributed by atoms with Crippen LogP contribution in [0.5, 0.6) is 0 Å². The lowest BCUT2D eigenvalue weighted by Crippen LogP contribution is -3.07. The molecule has 0 saturated carbocycles. The van der Waals surface area contributed by atoms with Crippen molar-refractivity contribution in [1.82, 2.24) is 5.32 Å². The summed E-state index contributed by atoms with van der Waals surface area (Å²) in [6.45, 7) is 0.604. The van der Waals surface area contributed by atoms with Gasteiger partial charge in [0.25, 0.3) is 0 Å². The third-order valence-corrected chi connectivity index (χ3v) is 4.50. The second-order valence-electron chi connectivity index (χ2n) is 5.62. The number of quaternary nitrogens is 1. The van der Waals surface area contributed by atoms with Crippen molar-refractivity contribution in [2.24, 2.45) is 0 Å². The Bertz CT molecular complexity index is 725. The number of anilines is 1. The van der Waals surface area contributed by atoms with Gasteiger partial charge in [0.15, 0.2) is 5.11 Å². The van der Waals surface area contributed by atoms with Gasteiger partial charge in [-0.3, -0.25) is 0 Å². The Balaban J connectivity index is 2.00. The van der Waals surface area contributed by atoms with Crippen LogP contribution in [0.4, 0.5) is 10.1 Å². The zero-order chi connectivity index (χ0) is 17.7. The molecule has 7 heteroatoms. The van der Waals surface area contributed by atoms with Gasteiger partial charge in [-0.15, -0.1) is 0 Å². The molecule has 0 amide bonds. The summed E-state index contributed by atoms with van der Waals surface area (Å²) in [4.78, 5) is 1.23. The molecule has 0 heterocycles. The first-order chi connectivity index (χ1) is 11.4. The molecular formula is C17H19Cl2FN3S+. The fraction of sp³-hybridized carbons (Fsp3) is 0.235. The molecule has 0 fully saturated rings. The topological polar surface area (TPSA) is 28.5 Å². The average molecular weight is 387 g/mol. The van der Waals surface area contributed by atoms with Crippen LogP contribution in [0.15, 0.2) is 42.5 Å². The van der Waals surface area contributed by atoms with Gasteiger partial charge < -0.3 is 15.5 Å². The van der Waals surface area contributed by atoms with Crippen molar-refractivity contribution in [3.63, 3.8) is 0 Å². The Labute approximate surface area is 156 Å². The summed E-state index contributed by atoms with van der Waals surface area (Å²) in [5.74, 6) is -0.462. The lowest BCUT2D eigenvalue weighted by molar-refractivity contribution is -0.890. The van der Waals surface area contributed by atoms with Gasteiger partial charge in [0.2, 0.25) is 0 Å². The predicted molar refractivity (Wildman–Crippen MR) is 103 cm³/mol. The van der Waals surface area contributed by atoms with E-state index in [0.29, 0.717) is 17.3 Å². The summed E-state index contributed by atoms with van der Waals surface area (Å²) >= 11 is 17.4. The molecule has 2 rings (SSSR count). The molecule has 2 aromatic carbocycles. The van der Waals surface area contributed by atoms with Crippen LogP contribution in [0.1, 0.15) is 11.6 Å². The quantitative estimate of drug-likeness (QED) is 0.688. The minimum Gasteiger partial charge on any atom is -0.356 e. The molecule has 2 aromatic rings. The summed E-state index contributed by atoms with van der Waals surface area (Å²) in [7, 11) is 4.12. The van der Waals surface area contributed by atoms with Crippen molar-refractivity contribution in [2.75, 3.05) is 26.0 Å². The first-order valence-electron chi connectivity index (χ1n) is 7.43. The standard InChI is InChI=1S/C17H18Cl2FN3S/c1-23(2)16(12-5-3-4-6-13(12)18)10-21-17(24)22-11-7-8-15(20)14(19)9-11/h3-9,16H,10H2,1-2H3,(H2,21,22,24)/p+1/t16-/m1/s1. The summed E-state index contributed by atoms with van der Waals surface area (Å²) in [5, 5.41) is 7.40. The first-order valence-corrected chi connectivity index (χ1v) is 8.59. The molecule has 0 spiro atoms. The number of hydrogen-bond acceptors (Lipinski definition) is 1. The number of nitrogens with one attached hydrogen (secondary N) is 3. The second kappa shape index (κ2) is 8.62. The van der Waals surface area contributed by atoms with Gasteiger partial charge in [0.05, 0.1) is 25.7 Å². The second-order valence-corrected chi connectivity index (χ2v) is 6.84. The molecule has 0 radical (unpaired) electrons. The molecular weight excluding hydrogens is 368 g/mol. The molecule has 1 atom stereocenters. The SMILES string of the molecule is C[NH+](C)[C@H](CNC(=S)Nc1ccc(F)c(Cl)c1)c1ccccc1Cl. The predicted octanol–water partition coefficient (Wildman–Crippen LogP) is 3.30. The number of likely N-dealkylation sites (N-methyl/N-ethyl adjacent to an activating group) is 1. The molecule has 0 bridgehead atoms. The molecule has 128 valence electrons. The van der Waals surface area contributed by atoms with Crippen molar-refractivity contribution < 1.29 is 9.29 Å². The zero-order valence-electron chi connectivity index (χ0n) is 13.4. The maximum absolute atomic E-state index is 13.2. The van der Waals surface area contributed by atoms with Gasteiger partial charge in [-0.2, -0.15) is 0 Å². The van der Waals surface area contributed by atoms with Gasteiger partial charge in [-0.25, -0.2) is 4.39 Å². The monoisotopic (exact) mass is 386 g/mol. The van der Waals surface area contributed by atoms with Crippen LogP contribution in [0.3, 0.4) is 0 Å². The number of benzene rings is 2. The Morgan fingerprint density at radius 1 is 1.17 bits per heavy atom. The van der Waals surface area contributed by atoms with Crippen LogP contribution in [-0.2, 0) is 0 Å². The minimum atomic E-state index is -0.462. The van der Waals surface area contributed by atoms with E-state index in [1.165, 1.54) is 17.0 Å². The summed E-state index contributed by atoms with van der Waals surface area (Å²) < 4.78 is 13.2. The third kappa shape index (κ3) is 5.05. The molecule has 3 nitrogen and oxygen atoms in total. The third-order valence-electron chi connectivity index (χ3n) is 3.62. The van der Waals surface area contributed by atoms with Gasteiger partial charge in [-0.1, -0.05) is 41.4 Å². The Hall–Kier alpha value is -1.40. The van der Waals surface area contributed by atoms with Crippen LogP contribution < -0.4 is 15.5 Å². The molecule has 24 heavy (non-hydrogen) atoms. The molecule has 0 aliphatic carbocycles.